The second-order valence-corrected chi connectivity index (χ2v) is 16.1. The Kier molecular flexibility index (Phi) is 41.7. The van der Waals surface area contributed by atoms with E-state index < -0.39 is 18.2 Å². The molecule has 3 N–H and O–H groups in total. The van der Waals surface area contributed by atoms with Gasteiger partial charge >= 0.3 is 5.97 Å². The summed E-state index contributed by atoms with van der Waals surface area (Å²) in [5, 5.41) is 23.6. The standard InChI is InChI=1S/C49H91NO5/c1-4-7-10-13-16-19-21-23-25-27-30-33-36-39-42-49(54)55-45(40-37-34-31-29-26-24-22-20-17-14-11-8-5-2)43-48(53)50-46(44-51)47(52)41-38-35-32-28-18-15-12-9-6-3/h7,10,16,19,23,25,45-47,51-52H,4-6,8-9,11-15,17-18,20-22,24,26-44H2,1-3H3,(H,50,53)/b10-7+,19-16+,25-23+. The second-order valence-electron chi connectivity index (χ2n) is 16.1. The molecule has 0 bridgehead atoms. The summed E-state index contributed by atoms with van der Waals surface area (Å²) in [6, 6.07) is -0.700. The Morgan fingerprint density at radius 2 is 0.982 bits per heavy atom. The third-order valence-corrected chi connectivity index (χ3v) is 10.7. The van der Waals surface area contributed by atoms with Gasteiger partial charge in [-0.05, 0) is 57.8 Å². The molecular formula is C49H91NO5. The lowest BCUT2D eigenvalue weighted by atomic mass is 10.0. The molecular weight excluding hydrogens is 683 g/mol. The van der Waals surface area contributed by atoms with Crippen LogP contribution in [0.1, 0.15) is 239 Å². The van der Waals surface area contributed by atoms with Gasteiger partial charge in [0.2, 0.25) is 5.91 Å². The van der Waals surface area contributed by atoms with E-state index in [1.54, 1.807) is 0 Å². The maximum atomic E-state index is 13.1. The third-order valence-electron chi connectivity index (χ3n) is 10.7. The first kappa shape index (κ1) is 53.1. The number of ether oxygens (including phenoxy) is 1. The largest absolute Gasteiger partial charge is 0.462 e. The number of hydrogen-bond donors (Lipinski definition) is 3. The average molecular weight is 774 g/mol. The van der Waals surface area contributed by atoms with Crippen molar-refractivity contribution < 1.29 is 24.5 Å². The molecule has 0 rings (SSSR count). The van der Waals surface area contributed by atoms with Crippen LogP contribution in [0.5, 0.6) is 0 Å². The molecule has 3 unspecified atom stereocenters. The molecule has 6 nitrogen and oxygen atoms in total. The fraction of sp³-hybridized carbons (Fsp3) is 0.837. The SMILES string of the molecule is CC/C=C/C/C=C/C/C=C/CCCCCCC(=O)OC(CCCCCCCCCCCCCCC)CC(=O)NC(CO)C(O)CCCCCCCCCCC. The van der Waals surface area contributed by atoms with Crippen molar-refractivity contribution in [2.75, 3.05) is 6.61 Å². The van der Waals surface area contributed by atoms with Crippen LogP contribution in [-0.4, -0.2) is 46.9 Å². The van der Waals surface area contributed by atoms with Gasteiger partial charge in [0.25, 0.3) is 0 Å². The van der Waals surface area contributed by atoms with E-state index >= 15 is 0 Å². The number of carbonyl (C=O) groups excluding carboxylic acids is 2. The minimum Gasteiger partial charge on any atom is -0.462 e. The smallest absolute Gasteiger partial charge is 0.306 e. The van der Waals surface area contributed by atoms with Crippen molar-refractivity contribution in [1.29, 1.82) is 0 Å². The number of amides is 1. The molecule has 0 aliphatic heterocycles. The zero-order chi connectivity index (χ0) is 40.3. The molecule has 0 aromatic heterocycles. The Hall–Kier alpha value is -1.92. The van der Waals surface area contributed by atoms with Crippen molar-refractivity contribution in [2.24, 2.45) is 0 Å². The average Bonchev–Trinajstić information content (AvgIpc) is 3.18. The van der Waals surface area contributed by atoms with Crippen LogP contribution in [0.3, 0.4) is 0 Å². The first-order valence-electron chi connectivity index (χ1n) is 23.7. The lowest BCUT2D eigenvalue weighted by molar-refractivity contribution is -0.151. The molecule has 3 atom stereocenters. The molecule has 0 aliphatic rings. The zero-order valence-corrected chi connectivity index (χ0v) is 36.6. The molecule has 0 fully saturated rings. The number of esters is 1. The van der Waals surface area contributed by atoms with E-state index in [-0.39, 0.29) is 24.9 Å². The third kappa shape index (κ3) is 38.7. The minimum atomic E-state index is -0.786. The highest BCUT2D eigenvalue weighted by Gasteiger charge is 2.24. The fourth-order valence-electron chi connectivity index (χ4n) is 7.15. The summed E-state index contributed by atoms with van der Waals surface area (Å²) in [6.45, 7) is 6.34. The molecule has 0 aliphatic carbocycles. The van der Waals surface area contributed by atoms with Crippen molar-refractivity contribution in [1.82, 2.24) is 5.32 Å². The molecule has 0 aromatic carbocycles. The van der Waals surface area contributed by atoms with Crippen LogP contribution in [0.4, 0.5) is 0 Å². The van der Waals surface area contributed by atoms with Gasteiger partial charge in [0.05, 0.1) is 25.2 Å². The summed E-state index contributed by atoms with van der Waals surface area (Å²) < 4.78 is 5.90. The van der Waals surface area contributed by atoms with Gasteiger partial charge in [0.1, 0.15) is 6.10 Å². The molecule has 0 radical (unpaired) electrons. The first-order valence-corrected chi connectivity index (χ1v) is 23.7. The number of hydrogen-bond acceptors (Lipinski definition) is 5. The molecule has 6 heteroatoms. The minimum absolute atomic E-state index is 0.0716. The van der Waals surface area contributed by atoms with Gasteiger partial charge in [0, 0.05) is 6.42 Å². The molecule has 0 heterocycles. The number of carbonyl (C=O) groups is 2. The quantitative estimate of drug-likeness (QED) is 0.0326. The lowest BCUT2D eigenvalue weighted by Crippen LogP contribution is -2.46. The van der Waals surface area contributed by atoms with Crippen molar-refractivity contribution >= 4 is 11.9 Å². The van der Waals surface area contributed by atoms with E-state index in [2.05, 4.69) is 62.5 Å². The van der Waals surface area contributed by atoms with Crippen LogP contribution < -0.4 is 5.32 Å². The summed E-state index contributed by atoms with van der Waals surface area (Å²) in [4.78, 5) is 26.0. The van der Waals surface area contributed by atoms with E-state index in [9.17, 15) is 19.8 Å². The highest BCUT2D eigenvalue weighted by Crippen LogP contribution is 2.18. The van der Waals surface area contributed by atoms with Crippen molar-refractivity contribution in [3.63, 3.8) is 0 Å². The molecule has 0 aromatic rings. The highest BCUT2D eigenvalue weighted by atomic mass is 16.5. The van der Waals surface area contributed by atoms with Gasteiger partial charge in [-0.25, -0.2) is 0 Å². The van der Waals surface area contributed by atoms with E-state index in [4.69, 9.17) is 4.74 Å². The van der Waals surface area contributed by atoms with Gasteiger partial charge in [0.15, 0.2) is 0 Å². The lowest BCUT2D eigenvalue weighted by Gasteiger charge is -2.24. The Morgan fingerprint density at radius 1 is 0.545 bits per heavy atom. The Morgan fingerprint density at radius 3 is 1.49 bits per heavy atom. The number of nitrogens with one attached hydrogen (secondary N) is 1. The summed E-state index contributed by atoms with van der Waals surface area (Å²) >= 11 is 0. The summed E-state index contributed by atoms with van der Waals surface area (Å²) in [5.41, 5.74) is 0. The van der Waals surface area contributed by atoms with Crippen LogP contribution in [0.15, 0.2) is 36.5 Å². The van der Waals surface area contributed by atoms with Crippen LogP contribution >= 0.6 is 0 Å². The predicted molar refractivity (Wildman–Crippen MR) is 236 cm³/mol. The summed E-state index contributed by atoms with van der Waals surface area (Å²) in [6.07, 6.45) is 49.2. The van der Waals surface area contributed by atoms with Crippen molar-refractivity contribution in [3.8, 4) is 0 Å². The van der Waals surface area contributed by atoms with Crippen LogP contribution in [0, 0.1) is 0 Å². The molecule has 0 spiro atoms. The molecule has 0 saturated heterocycles. The van der Waals surface area contributed by atoms with Crippen molar-refractivity contribution in [3.05, 3.63) is 36.5 Å². The second kappa shape index (κ2) is 43.2. The Bertz CT molecular complexity index is 915. The maximum Gasteiger partial charge on any atom is 0.306 e. The van der Waals surface area contributed by atoms with E-state index in [1.807, 2.05) is 0 Å². The Balaban J connectivity index is 4.61. The predicted octanol–water partition coefficient (Wildman–Crippen LogP) is 13.7. The van der Waals surface area contributed by atoms with Crippen molar-refractivity contribution in [2.45, 2.75) is 257 Å². The molecule has 55 heavy (non-hydrogen) atoms. The fourth-order valence-corrected chi connectivity index (χ4v) is 7.15. The van der Waals surface area contributed by atoms with Crippen LogP contribution in [-0.2, 0) is 14.3 Å². The maximum absolute atomic E-state index is 13.1. The van der Waals surface area contributed by atoms with Gasteiger partial charge in [-0.2, -0.15) is 0 Å². The number of rotatable bonds is 42. The van der Waals surface area contributed by atoms with E-state index in [0.717, 1.165) is 83.5 Å². The zero-order valence-electron chi connectivity index (χ0n) is 36.6. The highest BCUT2D eigenvalue weighted by molar-refractivity contribution is 5.77. The molecule has 322 valence electrons. The van der Waals surface area contributed by atoms with Gasteiger partial charge in [-0.15, -0.1) is 0 Å². The van der Waals surface area contributed by atoms with Crippen LogP contribution in [0.2, 0.25) is 0 Å². The van der Waals surface area contributed by atoms with Gasteiger partial charge in [-0.1, -0.05) is 205 Å². The summed E-state index contributed by atoms with van der Waals surface area (Å²) in [5.74, 6) is -0.494. The molecule has 0 saturated carbocycles. The topological polar surface area (TPSA) is 95.9 Å². The van der Waals surface area contributed by atoms with E-state index in [1.165, 1.54) is 109 Å². The number of unbranched alkanes of at least 4 members (excludes halogenated alkanes) is 24. The van der Waals surface area contributed by atoms with Gasteiger partial charge < -0.3 is 20.3 Å². The van der Waals surface area contributed by atoms with Gasteiger partial charge in [-0.3, -0.25) is 9.59 Å². The summed E-state index contributed by atoms with van der Waals surface area (Å²) in [7, 11) is 0. The number of aliphatic hydroxyl groups is 2. The normalized spacial score (nSPS) is 13.6. The van der Waals surface area contributed by atoms with Crippen LogP contribution in [0.25, 0.3) is 0 Å². The Labute approximate surface area is 341 Å². The molecule has 1 amide bonds. The number of aliphatic hydroxyl groups excluding tert-OH is 2. The monoisotopic (exact) mass is 774 g/mol. The first-order chi connectivity index (χ1) is 27.0. The van der Waals surface area contributed by atoms with E-state index in [0.29, 0.717) is 19.3 Å². The number of allylic oxidation sites excluding steroid dienone is 6.